The third-order valence-electron chi connectivity index (χ3n) is 5.42. The quantitative estimate of drug-likeness (QED) is 0.422. The number of benzene rings is 2. The molecule has 8 heteroatoms. The lowest BCUT2D eigenvalue weighted by atomic mass is 10.0. The van der Waals surface area contributed by atoms with Gasteiger partial charge >= 0.3 is 0 Å². The lowest BCUT2D eigenvalue weighted by Gasteiger charge is -2.27. The summed E-state index contributed by atoms with van der Waals surface area (Å²) in [6.45, 7) is 4.25. The van der Waals surface area contributed by atoms with Crippen molar-refractivity contribution < 1.29 is 4.74 Å². The summed E-state index contributed by atoms with van der Waals surface area (Å²) in [5.74, 6) is 1.07. The number of halogens is 1. The van der Waals surface area contributed by atoms with Crippen LogP contribution in [0.5, 0.6) is 0 Å². The highest BCUT2D eigenvalue weighted by atomic mass is 79.9. The lowest BCUT2D eigenvalue weighted by molar-refractivity contribution is 0.0342. The molecule has 0 bridgehead atoms. The molecule has 0 unspecified atom stereocenters. The van der Waals surface area contributed by atoms with E-state index in [0.717, 1.165) is 65.0 Å². The zero-order valence-electron chi connectivity index (χ0n) is 17.5. The van der Waals surface area contributed by atoms with Crippen LogP contribution in [0.15, 0.2) is 65.4 Å². The Labute approximate surface area is 194 Å². The highest BCUT2D eigenvalue weighted by molar-refractivity contribution is 9.10. The minimum Gasteiger partial charge on any atom is -0.384 e. The van der Waals surface area contributed by atoms with Gasteiger partial charge in [-0.2, -0.15) is 0 Å². The largest absolute Gasteiger partial charge is 0.384 e. The molecule has 0 saturated carbocycles. The standard InChI is InChI=1S/C24H23BrN6O/c25-20-2-3-22-19(11-20)14-28-24(30-22)29-21-10-16(15-31-5-7-32-8-6-31)9-18(12-21)17-1-4-23(26)27-13-17/h1-4,9-14H,5-8,15H2,(H2,26,27)(H,28,29,30). The van der Waals surface area contributed by atoms with Crippen LogP contribution in [0, 0.1) is 0 Å². The number of pyridine rings is 1. The highest BCUT2D eigenvalue weighted by Gasteiger charge is 2.13. The maximum atomic E-state index is 5.78. The van der Waals surface area contributed by atoms with E-state index in [1.807, 2.05) is 36.5 Å². The van der Waals surface area contributed by atoms with Crippen molar-refractivity contribution in [3.63, 3.8) is 0 Å². The van der Waals surface area contributed by atoms with Gasteiger partial charge in [-0.05, 0) is 59.7 Å². The molecule has 0 amide bonds. The van der Waals surface area contributed by atoms with Crippen molar-refractivity contribution in [3.8, 4) is 11.1 Å². The van der Waals surface area contributed by atoms with Gasteiger partial charge in [0.1, 0.15) is 5.82 Å². The molecule has 32 heavy (non-hydrogen) atoms. The molecule has 1 aliphatic rings. The molecular weight excluding hydrogens is 468 g/mol. The van der Waals surface area contributed by atoms with Crippen LogP contribution in [0.4, 0.5) is 17.5 Å². The molecule has 1 fully saturated rings. The van der Waals surface area contributed by atoms with Crippen molar-refractivity contribution in [3.05, 3.63) is 71.0 Å². The number of nitrogens with one attached hydrogen (secondary N) is 1. The van der Waals surface area contributed by atoms with E-state index in [1.54, 1.807) is 6.20 Å². The molecule has 5 rings (SSSR count). The molecule has 3 heterocycles. The maximum Gasteiger partial charge on any atom is 0.227 e. The van der Waals surface area contributed by atoms with E-state index in [2.05, 4.69) is 59.3 Å². The van der Waals surface area contributed by atoms with Gasteiger partial charge in [-0.15, -0.1) is 0 Å². The number of nitrogens with zero attached hydrogens (tertiary/aromatic N) is 4. The first-order chi connectivity index (χ1) is 15.6. The van der Waals surface area contributed by atoms with Crippen LogP contribution in [-0.4, -0.2) is 46.2 Å². The summed E-state index contributed by atoms with van der Waals surface area (Å²) in [7, 11) is 0. The van der Waals surface area contributed by atoms with Crippen LogP contribution >= 0.6 is 15.9 Å². The molecule has 0 aliphatic carbocycles. The zero-order chi connectivity index (χ0) is 21.9. The number of morpholine rings is 1. The molecular formula is C24H23BrN6O. The first kappa shape index (κ1) is 20.8. The molecule has 162 valence electrons. The number of ether oxygens (including phenoxy) is 1. The van der Waals surface area contributed by atoms with E-state index in [4.69, 9.17) is 10.5 Å². The van der Waals surface area contributed by atoms with Crippen molar-refractivity contribution in [1.82, 2.24) is 19.9 Å². The van der Waals surface area contributed by atoms with Crippen LogP contribution in [0.2, 0.25) is 0 Å². The van der Waals surface area contributed by atoms with Gasteiger partial charge < -0.3 is 15.8 Å². The number of nitrogen functional groups attached to an aromatic ring is 1. The molecule has 2 aromatic carbocycles. The van der Waals surface area contributed by atoms with E-state index in [1.165, 1.54) is 5.56 Å². The fraction of sp³-hybridized carbons (Fsp3) is 0.208. The number of hydrogen-bond acceptors (Lipinski definition) is 7. The summed E-state index contributed by atoms with van der Waals surface area (Å²) < 4.78 is 6.50. The Bertz CT molecular complexity index is 1240. The topological polar surface area (TPSA) is 89.2 Å². The van der Waals surface area contributed by atoms with Crippen LogP contribution in [-0.2, 0) is 11.3 Å². The highest BCUT2D eigenvalue weighted by Crippen LogP contribution is 2.28. The summed E-state index contributed by atoms with van der Waals surface area (Å²) >= 11 is 3.49. The van der Waals surface area contributed by atoms with Gasteiger partial charge in [0.25, 0.3) is 0 Å². The monoisotopic (exact) mass is 490 g/mol. The van der Waals surface area contributed by atoms with Gasteiger partial charge in [0.15, 0.2) is 0 Å². The van der Waals surface area contributed by atoms with E-state index >= 15 is 0 Å². The Balaban J connectivity index is 1.48. The first-order valence-corrected chi connectivity index (χ1v) is 11.3. The number of fused-ring (bicyclic) bond motifs is 1. The van der Waals surface area contributed by atoms with E-state index in [9.17, 15) is 0 Å². The van der Waals surface area contributed by atoms with Crippen LogP contribution in [0.25, 0.3) is 22.0 Å². The van der Waals surface area contributed by atoms with Crippen molar-refractivity contribution in [2.24, 2.45) is 0 Å². The summed E-state index contributed by atoms with van der Waals surface area (Å²) in [6, 6.07) is 16.2. The van der Waals surface area contributed by atoms with Crippen LogP contribution in [0.3, 0.4) is 0 Å². The van der Waals surface area contributed by atoms with Crippen LogP contribution in [0.1, 0.15) is 5.56 Å². The molecule has 0 radical (unpaired) electrons. The second kappa shape index (κ2) is 9.20. The van der Waals surface area contributed by atoms with Crippen molar-refractivity contribution in [2.75, 3.05) is 37.4 Å². The van der Waals surface area contributed by atoms with E-state index < -0.39 is 0 Å². The number of anilines is 3. The van der Waals surface area contributed by atoms with Gasteiger partial charge in [0, 0.05) is 53.1 Å². The van der Waals surface area contributed by atoms with Crippen molar-refractivity contribution in [1.29, 1.82) is 0 Å². The summed E-state index contributed by atoms with van der Waals surface area (Å²) in [5, 5.41) is 4.37. The Hall–Kier alpha value is -3.07. The van der Waals surface area contributed by atoms with Crippen molar-refractivity contribution >= 4 is 44.3 Å². The smallest absolute Gasteiger partial charge is 0.227 e. The number of hydrogen-bond donors (Lipinski definition) is 2. The van der Waals surface area contributed by atoms with Gasteiger partial charge in [-0.25, -0.2) is 15.0 Å². The van der Waals surface area contributed by atoms with Crippen molar-refractivity contribution in [2.45, 2.75) is 6.54 Å². The minimum atomic E-state index is 0.507. The Morgan fingerprint density at radius 3 is 2.66 bits per heavy atom. The fourth-order valence-corrected chi connectivity index (χ4v) is 4.19. The fourth-order valence-electron chi connectivity index (χ4n) is 3.81. The molecule has 7 nitrogen and oxygen atoms in total. The van der Waals surface area contributed by atoms with Gasteiger partial charge in [-0.3, -0.25) is 4.90 Å². The Morgan fingerprint density at radius 1 is 0.969 bits per heavy atom. The maximum absolute atomic E-state index is 5.78. The zero-order valence-corrected chi connectivity index (χ0v) is 19.0. The predicted molar refractivity (Wildman–Crippen MR) is 131 cm³/mol. The second-order valence-electron chi connectivity index (χ2n) is 7.80. The minimum absolute atomic E-state index is 0.507. The third kappa shape index (κ3) is 4.88. The summed E-state index contributed by atoms with van der Waals surface area (Å²) in [5.41, 5.74) is 10.9. The van der Waals surface area contributed by atoms with E-state index in [-0.39, 0.29) is 0 Å². The normalized spacial score (nSPS) is 14.5. The SMILES string of the molecule is Nc1ccc(-c2cc(CN3CCOCC3)cc(Nc3ncc4cc(Br)ccc4n3)c2)cn1. The Morgan fingerprint density at radius 2 is 1.84 bits per heavy atom. The average Bonchev–Trinajstić information content (AvgIpc) is 2.80. The van der Waals surface area contributed by atoms with Gasteiger partial charge in [-0.1, -0.05) is 15.9 Å². The molecule has 2 aromatic heterocycles. The van der Waals surface area contributed by atoms with Gasteiger partial charge in [0.2, 0.25) is 5.95 Å². The molecule has 1 aliphatic heterocycles. The molecule has 4 aromatic rings. The molecule has 0 spiro atoms. The third-order valence-corrected chi connectivity index (χ3v) is 5.91. The van der Waals surface area contributed by atoms with E-state index in [0.29, 0.717) is 11.8 Å². The summed E-state index contributed by atoms with van der Waals surface area (Å²) in [6.07, 6.45) is 3.63. The lowest BCUT2D eigenvalue weighted by Crippen LogP contribution is -2.35. The average molecular weight is 491 g/mol. The molecule has 1 saturated heterocycles. The molecule has 3 N–H and O–H groups in total. The molecule has 0 atom stereocenters. The van der Waals surface area contributed by atoms with Gasteiger partial charge in [0.05, 0.1) is 18.7 Å². The summed E-state index contributed by atoms with van der Waals surface area (Å²) in [4.78, 5) is 15.8. The predicted octanol–water partition coefficient (Wildman–Crippen LogP) is 4.61. The number of rotatable bonds is 5. The Kier molecular flexibility index (Phi) is 5.98. The van der Waals surface area contributed by atoms with Crippen LogP contribution < -0.4 is 11.1 Å². The second-order valence-corrected chi connectivity index (χ2v) is 8.72. The number of aromatic nitrogens is 3. The number of nitrogens with two attached hydrogens (primary N) is 1. The first-order valence-electron chi connectivity index (χ1n) is 10.5.